The molecular formula is C20H29NO2. The third-order valence-electron chi connectivity index (χ3n) is 3.89. The molecule has 0 N–H and O–H groups in total. The van der Waals surface area contributed by atoms with Gasteiger partial charge in [0.25, 0.3) is 0 Å². The molecule has 0 spiro atoms. The smallest absolute Gasteiger partial charge is 0.217 e. The van der Waals surface area contributed by atoms with Gasteiger partial charge < -0.3 is 9.47 Å². The molecule has 3 nitrogen and oxygen atoms in total. The van der Waals surface area contributed by atoms with E-state index in [0.29, 0.717) is 6.61 Å². The predicted molar refractivity (Wildman–Crippen MR) is 96.6 cm³/mol. The van der Waals surface area contributed by atoms with Crippen molar-refractivity contribution >= 4 is 10.9 Å². The number of fused-ring (bicyclic) bond motifs is 1. The average molecular weight is 315 g/mol. The maximum absolute atomic E-state index is 6.07. The number of ether oxygens (including phenoxy) is 2. The Labute approximate surface area is 140 Å². The van der Waals surface area contributed by atoms with Crippen LogP contribution in [0.15, 0.2) is 24.3 Å². The van der Waals surface area contributed by atoms with Crippen LogP contribution < -0.4 is 9.47 Å². The quantitative estimate of drug-likeness (QED) is 0.761. The molecule has 1 aromatic heterocycles. The first-order chi connectivity index (χ1) is 10.6. The average Bonchev–Trinajstić information content (AvgIpc) is 2.43. The van der Waals surface area contributed by atoms with Crippen LogP contribution in [0.3, 0.4) is 0 Å². The summed E-state index contributed by atoms with van der Waals surface area (Å²) in [5, 5.41) is 1.11. The molecule has 0 bridgehead atoms. The number of methoxy groups -OCH3 is 1. The molecular weight excluding hydrogens is 286 g/mol. The number of rotatable bonds is 4. The van der Waals surface area contributed by atoms with Gasteiger partial charge in [-0.1, -0.05) is 41.5 Å². The van der Waals surface area contributed by atoms with Crippen LogP contribution in [0.2, 0.25) is 0 Å². The molecule has 0 saturated heterocycles. The first kappa shape index (κ1) is 17.6. The highest BCUT2D eigenvalue weighted by Crippen LogP contribution is 2.34. The molecule has 0 aliphatic heterocycles. The maximum atomic E-state index is 6.07. The van der Waals surface area contributed by atoms with E-state index in [0.717, 1.165) is 34.5 Å². The minimum atomic E-state index is -0.0157. The van der Waals surface area contributed by atoms with Crippen LogP contribution in [0, 0.1) is 5.41 Å². The highest BCUT2D eigenvalue weighted by atomic mass is 16.5. The summed E-state index contributed by atoms with van der Waals surface area (Å²) in [6, 6.07) is 8.17. The van der Waals surface area contributed by atoms with Crippen LogP contribution in [-0.4, -0.2) is 18.7 Å². The molecule has 3 heteroatoms. The molecule has 0 aliphatic carbocycles. The van der Waals surface area contributed by atoms with Gasteiger partial charge in [-0.15, -0.1) is 0 Å². The molecule has 0 atom stereocenters. The first-order valence-corrected chi connectivity index (χ1v) is 8.22. The van der Waals surface area contributed by atoms with Crippen LogP contribution >= 0.6 is 0 Å². The predicted octanol–water partition coefficient (Wildman–Crippen LogP) is 5.36. The fraction of sp³-hybridized carbons (Fsp3) is 0.550. The van der Waals surface area contributed by atoms with Gasteiger partial charge in [0.05, 0.1) is 19.2 Å². The van der Waals surface area contributed by atoms with Crippen LogP contribution in [0.4, 0.5) is 0 Å². The second kappa shape index (κ2) is 6.38. The van der Waals surface area contributed by atoms with E-state index in [1.165, 1.54) is 0 Å². The van der Waals surface area contributed by atoms with Gasteiger partial charge >= 0.3 is 0 Å². The summed E-state index contributed by atoms with van der Waals surface area (Å²) in [4.78, 5) is 4.77. The third kappa shape index (κ3) is 4.60. The lowest BCUT2D eigenvalue weighted by Gasteiger charge is -2.24. The van der Waals surface area contributed by atoms with Crippen LogP contribution in [0.25, 0.3) is 10.9 Å². The van der Waals surface area contributed by atoms with Gasteiger partial charge in [-0.25, -0.2) is 4.98 Å². The summed E-state index contributed by atoms with van der Waals surface area (Å²) in [6.45, 7) is 13.9. The van der Waals surface area contributed by atoms with Gasteiger partial charge in [0, 0.05) is 17.0 Å². The van der Waals surface area contributed by atoms with Gasteiger partial charge in [0.2, 0.25) is 5.88 Å². The van der Waals surface area contributed by atoms with E-state index in [9.17, 15) is 0 Å². The second-order valence-electron chi connectivity index (χ2n) is 8.31. The lowest BCUT2D eigenvalue weighted by atomic mass is 9.87. The Balaban J connectivity index is 2.41. The van der Waals surface area contributed by atoms with Crippen molar-refractivity contribution in [3.63, 3.8) is 0 Å². The van der Waals surface area contributed by atoms with Gasteiger partial charge in [-0.05, 0) is 35.4 Å². The van der Waals surface area contributed by atoms with Crippen LogP contribution in [0.1, 0.15) is 53.5 Å². The molecule has 23 heavy (non-hydrogen) atoms. The molecule has 1 aromatic carbocycles. The summed E-state index contributed by atoms with van der Waals surface area (Å²) in [5.41, 5.74) is 2.28. The van der Waals surface area contributed by atoms with Crippen molar-refractivity contribution in [2.24, 2.45) is 5.41 Å². The number of hydrogen-bond donors (Lipinski definition) is 0. The molecule has 126 valence electrons. The molecule has 0 aliphatic rings. The van der Waals surface area contributed by atoms with E-state index < -0.39 is 0 Å². The fourth-order valence-corrected chi connectivity index (χ4v) is 2.36. The monoisotopic (exact) mass is 315 g/mol. The van der Waals surface area contributed by atoms with Crippen molar-refractivity contribution in [1.29, 1.82) is 0 Å². The lowest BCUT2D eigenvalue weighted by Crippen LogP contribution is -2.17. The number of hydrogen-bond acceptors (Lipinski definition) is 3. The largest absolute Gasteiger partial charge is 0.497 e. The highest BCUT2D eigenvalue weighted by Gasteiger charge is 2.22. The zero-order chi connectivity index (χ0) is 17.3. The van der Waals surface area contributed by atoms with Gasteiger partial charge in [-0.2, -0.15) is 0 Å². The summed E-state index contributed by atoms with van der Waals surface area (Å²) in [5.74, 6) is 1.55. The van der Waals surface area contributed by atoms with E-state index in [-0.39, 0.29) is 10.8 Å². The minimum absolute atomic E-state index is 0.0157. The summed E-state index contributed by atoms with van der Waals surface area (Å²) < 4.78 is 11.4. The Hall–Kier alpha value is -1.77. The van der Waals surface area contributed by atoms with E-state index in [1.807, 2.05) is 12.1 Å². The molecule has 0 radical (unpaired) electrons. The van der Waals surface area contributed by atoms with Gasteiger partial charge in [0.15, 0.2) is 0 Å². The van der Waals surface area contributed by atoms with Crippen molar-refractivity contribution < 1.29 is 9.47 Å². The molecule has 0 fully saturated rings. The van der Waals surface area contributed by atoms with Crippen LogP contribution in [-0.2, 0) is 5.41 Å². The molecule has 2 rings (SSSR count). The van der Waals surface area contributed by atoms with E-state index in [1.54, 1.807) is 7.11 Å². The summed E-state index contributed by atoms with van der Waals surface area (Å²) in [7, 11) is 1.67. The second-order valence-corrected chi connectivity index (χ2v) is 8.31. The zero-order valence-electron chi connectivity index (χ0n) is 15.5. The van der Waals surface area contributed by atoms with Gasteiger partial charge in [0.1, 0.15) is 5.75 Å². The van der Waals surface area contributed by atoms with Gasteiger partial charge in [-0.3, -0.25) is 0 Å². The Morgan fingerprint density at radius 2 is 1.70 bits per heavy atom. The highest BCUT2D eigenvalue weighted by molar-refractivity contribution is 5.82. The number of pyridine rings is 1. The molecule has 0 saturated carbocycles. The molecule has 2 aromatic rings. The zero-order valence-corrected chi connectivity index (χ0v) is 15.5. The summed E-state index contributed by atoms with van der Waals surface area (Å²) >= 11 is 0. The summed E-state index contributed by atoms with van der Waals surface area (Å²) in [6.07, 6.45) is 0.994. The first-order valence-electron chi connectivity index (χ1n) is 8.22. The Kier molecular flexibility index (Phi) is 4.88. The molecule has 0 amide bonds. The van der Waals surface area contributed by atoms with E-state index >= 15 is 0 Å². The van der Waals surface area contributed by atoms with E-state index in [4.69, 9.17) is 14.5 Å². The normalized spacial score (nSPS) is 12.5. The Morgan fingerprint density at radius 1 is 1.00 bits per heavy atom. The van der Waals surface area contributed by atoms with Crippen molar-refractivity contribution in [1.82, 2.24) is 4.98 Å². The third-order valence-corrected chi connectivity index (χ3v) is 3.89. The van der Waals surface area contributed by atoms with Crippen molar-refractivity contribution in [2.45, 2.75) is 53.4 Å². The molecule has 1 heterocycles. The number of nitrogens with zero attached hydrogens (tertiary/aromatic N) is 1. The van der Waals surface area contributed by atoms with Crippen molar-refractivity contribution in [3.05, 3.63) is 29.8 Å². The maximum Gasteiger partial charge on any atom is 0.217 e. The molecule has 0 unspecified atom stereocenters. The Morgan fingerprint density at radius 3 is 2.26 bits per heavy atom. The van der Waals surface area contributed by atoms with Crippen molar-refractivity contribution in [3.8, 4) is 11.6 Å². The minimum Gasteiger partial charge on any atom is -0.497 e. The Bertz CT molecular complexity index is 678. The number of aromatic nitrogens is 1. The number of benzene rings is 1. The standard InChI is InChI=1S/C20H29NO2/c1-19(2,3)10-11-23-18-16(20(4,5)6)12-14-8-9-15(22-7)13-17(14)21-18/h8-9,12-13H,10-11H2,1-7H3. The fourth-order valence-electron chi connectivity index (χ4n) is 2.36. The SMILES string of the molecule is COc1ccc2cc(C(C)(C)C)c(OCCC(C)(C)C)nc2c1. The lowest BCUT2D eigenvalue weighted by molar-refractivity contribution is 0.232. The van der Waals surface area contributed by atoms with E-state index in [2.05, 4.69) is 53.7 Å². The van der Waals surface area contributed by atoms with Crippen molar-refractivity contribution in [2.75, 3.05) is 13.7 Å². The van der Waals surface area contributed by atoms with Crippen LogP contribution in [0.5, 0.6) is 11.6 Å². The topological polar surface area (TPSA) is 31.4 Å².